The highest BCUT2D eigenvalue weighted by Gasteiger charge is 2.04. The summed E-state index contributed by atoms with van der Waals surface area (Å²) in [7, 11) is 1.98. The van der Waals surface area contributed by atoms with Gasteiger partial charge in [-0.25, -0.2) is 0 Å². The maximum atomic E-state index is 5.95. The van der Waals surface area contributed by atoms with Crippen molar-refractivity contribution >= 4 is 12.4 Å². The van der Waals surface area contributed by atoms with Crippen LogP contribution in [-0.4, -0.2) is 20.2 Å². The molecule has 0 amide bonds. The minimum atomic E-state index is 0. The van der Waals surface area contributed by atoms with Crippen LogP contribution in [0, 0.1) is 6.92 Å². The lowest BCUT2D eigenvalue weighted by atomic mass is 10.0. The van der Waals surface area contributed by atoms with Crippen LogP contribution < -0.4 is 10.1 Å². The van der Waals surface area contributed by atoms with E-state index < -0.39 is 0 Å². The Hall–Kier alpha value is -1.51. The number of aryl methyl sites for hydroxylation is 1. The van der Waals surface area contributed by atoms with E-state index in [1.54, 1.807) is 0 Å². The predicted molar refractivity (Wildman–Crippen MR) is 96.3 cm³/mol. The smallest absolute Gasteiger partial charge is 0.122 e. The van der Waals surface area contributed by atoms with Gasteiger partial charge in [0.15, 0.2) is 0 Å². The normalized spacial score (nSPS) is 10.1. The van der Waals surface area contributed by atoms with Gasteiger partial charge >= 0.3 is 0 Å². The molecular formula is C19H26ClNO. The van der Waals surface area contributed by atoms with Crippen molar-refractivity contribution in [3.63, 3.8) is 0 Å². The van der Waals surface area contributed by atoms with Crippen molar-refractivity contribution in [3.05, 3.63) is 65.2 Å². The summed E-state index contributed by atoms with van der Waals surface area (Å²) < 4.78 is 5.95. The number of unbranched alkanes of at least 4 members (excludes halogenated alkanes) is 1. The maximum absolute atomic E-state index is 5.95. The molecule has 0 aliphatic carbocycles. The predicted octanol–water partition coefficient (Wildman–Crippen LogP) is 4.39. The molecule has 2 rings (SSSR count). The molecule has 0 aromatic heterocycles. The van der Waals surface area contributed by atoms with Crippen LogP contribution in [0.25, 0.3) is 0 Å². The summed E-state index contributed by atoms with van der Waals surface area (Å²) in [4.78, 5) is 0. The van der Waals surface area contributed by atoms with Crippen molar-refractivity contribution in [2.45, 2.75) is 26.2 Å². The Morgan fingerprint density at radius 1 is 0.955 bits per heavy atom. The Morgan fingerprint density at radius 2 is 1.68 bits per heavy atom. The molecule has 0 heterocycles. The van der Waals surface area contributed by atoms with Crippen LogP contribution in [0.4, 0.5) is 0 Å². The standard InChI is InChI=1S/C19H25NO.ClH/c1-16-9-11-17(12-10-16)15-18-7-3-4-8-19(18)21-14-6-5-13-20-2;/h3-4,7-12,20H,5-6,13-15H2,1-2H3;1H. The van der Waals surface area contributed by atoms with E-state index in [1.165, 1.54) is 16.7 Å². The number of para-hydroxylation sites is 1. The van der Waals surface area contributed by atoms with Gasteiger partial charge in [-0.2, -0.15) is 0 Å². The molecule has 0 bridgehead atoms. The van der Waals surface area contributed by atoms with E-state index in [4.69, 9.17) is 4.74 Å². The Bertz CT molecular complexity index is 539. The number of ether oxygens (including phenoxy) is 1. The third kappa shape index (κ3) is 6.08. The first-order valence-corrected chi connectivity index (χ1v) is 7.70. The molecule has 120 valence electrons. The van der Waals surface area contributed by atoms with Crippen molar-refractivity contribution in [3.8, 4) is 5.75 Å². The van der Waals surface area contributed by atoms with Crippen LogP contribution in [0.1, 0.15) is 29.5 Å². The third-order valence-electron chi connectivity index (χ3n) is 3.57. The summed E-state index contributed by atoms with van der Waals surface area (Å²) in [6, 6.07) is 17.1. The molecule has 0 aliphatic heterocycles. The fourth-order valence-electron chi connectivity index (χ4n) is 2.30. The van der Waals surface area contributed by atoms with Crippen LogP contribution >= 0.6 is 12.4 Å². The molecule has 0 radical (unpaired) electrons. The van der Waals surface area contributed by atoms with Crippen LogP contribution in [-0.2, 0) is 6.42 Å². The topological polar surface area (TPSA) is 21.3 Å². The molecule has 22 heavy (non-hydrogen) atoms. The zero-order valence-corrected chi connectivity index (χ0v) is 14.3. The Labute approximate surface area is 140 Å². The first-order chi connectivity index (χ1) is 10.3. The van der Waals surface area contributed by atoms with Gasteiger partial charge in [0.25, 0.3) is 0 Å². The maximum Gasteiger partial charge on any atom is 0.122 e. The van der Waals surface area contributed by atoms with E-state index in [-0.39, 0.29) is 12.4 Å². The quantitative estimate of drug-likeness (QED) is 0.729. The van der Waals surface area contributed by atoms with Gasteiger partial charge in [0, 0.05) is 6.42 Å². The van der Waals surface area contributed by atoms with Gasteiger partial charge in [-0.3, -0.25) is 0 Å². The fraction of sp³-hybridized carbons (Fsp3) is 0.368. The minimum absolute atomic E-state index is 0. The highest BCUT2D eigenvalue weighted by atomic mass is 35.5. The molecule has 0 spiro atoms. The van der Waals surface area contributed by atoms with Gasteiger partial charge in [0.2, 0.25) is 0 Å². The lowest BCUT2D eigenvalue weighted by Crippen LogP contribution is -2.09. The Kier molecular flexibility index (Phi) is 8.64. The van der Waals surface area contributed by atoms with Gasteiger partial charge in [0.05, 0.1) is 6.61 Å². The molecule has 2 nitrogen and oxygen atoms in total. The van der Waals surface area contributed by atoms with E-state index in [1.807, 2.05) is 13.1 Å². The second-order valence-corrected chi connectivity index (χ2v) is 5.43. The Morgan fingerprint density at radius 3 is 2.41 bits per heavy atom. The summed E-state index contributed by atoms with van der Waals surface area (Å²) in [6.45, 7) is 3.95. The molecule has 0 saturated carbocycles. The summed E-state index contributed by atoms with van der Waals surface area (Å²) in [6.07, 6.45) is 3.16. The summed E-state index contributed by atoms with van der Waals surface area (Å²) >= 11 is 0. The molecular weight excluding hydrogens is 294 g/mol. The molecule has 3 heteroatoms. The number of rotatable bonds is 8. The van der Waals surface area contributed by atoms with Gasteiger partial charge in [-0.1, -0.05) is 48.0 Å². The van der Waals surface area contributed by atoms with Crippen LogP contribution in [0.3, 0.4) is 0 Å². The second kappa shape index (κ2) is 10.3. The van der Waals surface area contributed by atoms with Crippen LogP contribution in [0.15, 0.2) is 48.5 Å². The van der Waals surface area contributed by atoms with Crippen molar-refractivity contribution in [2.75, 3.05) is 20.2 Å². The largest absolute Gasteiger partial charge is 0.493 e. The fourth-order valence-corrected chi connectivity index (χ4v) is 2.30. The number of hydrogen-bond acceptors (Lipinski definition) is 2. The molecule has 0 unspecified atom stereocenters. The lowest BCUT2D eigenvalue weighted by Gasteiger charge is -2.11. The van der Waals surface area contributed by atoms with Crippen molar-refractivity contribution in [1.82, 2.24) is 5.32 Å². The number of benzene rings is 2. The molecule has 1 N–H and O–H groups in total. The average Bonchev–Trinajstić information content (AvgIpc) is 2.51. The van der Waals surface area contributed by atoms with E-state index >= 15 is 0 Å². The van der Waals surface area contributed by atoms with Crippen molar-refractivity contribution in [2.24, 2.45) is 0 Å². The molecule has 0 saturated heterocycles. The first-order valence-electron chi connectivity index (χ1n) is 7.70. The zero-order valence-electron chi connectivity index (χ0n) is 13.5. The SMILES string of the molecule is CNCCCCOc1ccccc1Cc1ccc(C)cc1.Cl. The monoisotopic (exact) mass is 319 g/mol. The summed E-state index contributed by atoms with van der Waals surface area (Å²) in [5.41, 5.74) is 3.88. The Balaban J connectivity index is 0.00000242. The third-order valence-corrected chi connectivity index (χ3v) is 3.57. The molecule has 0 fully saturated rings. The van der Waals surface area contributed by atoms with Gasteiger partial charge in [-0.15, -0.1) is 12.4 Å². The zero-order chi connectivity index (χ0) is 14.9. The molecule has 2 aromatic carbocycles. The summed E-state index contributed by atoms with van der Waals surface area (Å²) in [5, 5.41) is 3.16. The van der Waals surface area contributed by atoms with Gasteiger partial charge in [-0.05, 0) is 50.6 Å². The highest BCUT2D eigenvalue weighted by molar-refractivity contribution is 5.85. The number of hydrogen-bond donors (Lipinski definition) is 1. The van der Waals surface area contributed by atoms with Crippen molar-refractivity contribution in [1.29, 1.82) is 0 Å². The lowest BCUT2D eigenvalue weighted by molar-refractivity contribution is 0.304. The first kappa shape index (κ1) is 18.5. The highest BCUT2D eigenvalue weighted by Crippen LogP contribution is 2.22. The van der Waals surface area contributed by atoms with E-state index in [0.29, 0.717) is 0 Å². The number of nitrogens with one attached hydrogen (secondary N) is 1. The van der Waals surface area contributed by atoms with Crippen LogP contribution in [0.2, 0.25) is 0 Å². The van der Waals surface area contributed by atoms with Crippen molar-refractivity contribution < 1.29 is 4.74 Å². The molecule has 2 aromatic rings. The van der Waals surface area contributed by atoms with E-state index in [0.717, 1.165) is 38.2 Å². The van der Waals surface area contributed by atoms with Crippen LogP contribution in [0.5, 0.6) is 5.75 Å². The summed E-state index contributed by atoms with van der Waals surface area (Å²) in [5.74, 6) is 1.02. The van der Waals surface area contributed by atoms with Gasteiger partial charge in [0.1, 0.15) is 5.75 Å². The van der Waals surface area contributed by atoms with Gasteiger partial charge < -0.3 is 10.1 Å². The van der Waals surface area contributed by atoms with E-state index in [9.17, 15) is 0 Å². The number of halogens is 1. The molecule has 0 aliphatic rings. The second-order valence-electron chi connectivity index (χ2n) is 5.43. The molecule has 0 atom stereocenters. The van der Waals surface area contributed by atoms with E-state index in [2.05, 4.69) is 54.7 Å². The minimum Gasteiger partial charge on any atom is -0.493 e. The average molecular weight is 320 g/mol.